The fraction of sp³-hybridized carbons (Fsp3) is 0.625. The molecular weight excluding hydrogens is 220 g/mol. The number of nitrogens with two attached hydrogens (primary N) is 1. The van der Waals surface area contributed by atoms with Gasteiger partial charge >= 0.3 is 0 Å². The van der Waals surface area contributed by atoms with Crippen LogP contribution in [0.3, 0.4) is 0 Å². The fourth-order valence-electron chi connectivity index (χ4n) is 3.20. The SMILES string of the molecule is NC1CCC(CN[C@H]2CC2c2ccccc2)CC1. The van der Waals surface area contributed by atoms with Crippen LogP contribution in [0.15, 0.2) is 30.3 Å². The molecule has 0 radical (unpaired) electrons. The van der Waals surface area contributed by atoms with Gasteiger partial charge in [0.1, 0.15) is 0 Å². The number of benzene rings is 1. The molecule has 0 bridgehead atoms. The normalized spacial score (nSPS) is 35.4. The minimum absolute atomic E-state index is 0.472. The van der Waals surface area contributed by atoms with E-state index in [-0.39, 0.29) is 0 Å². The molecule has 0 aromatic heterocycles. The maximum atomic E-state index is 5.94. The van der Waals surface area contributed by atoms with Crippen molar-refractivity contribution in [3.63, 3.8) is 0 Å². The molecule has 2 atom stereocenters. The molecule has 2 heteroatoms. The Hall–Kier alpha value is -0.860. The van der Waals surface area contributed by atoms with Crippen LogP contribution in [-0.2, 0) is 0 Å². The predicted octanol–water partition coefficient (Wildman–Crippen LogP) is 2.65. The second-order valence-corrected chi connectivity index (χ2v) is 6.05. The summed E-state index contributed by atoms with van der Waals surface area (Å²) in [5.41, 5.74) is 7.44. The summed E-state index contributed by atoms with van der Waals surface area (Å²) in [5.74, 6) is 1.62. The number of nitrogens with one attached hydrogen (secondary N) is 1. The lowest BCUT2D eigenvalue weighted by Gasteiger charge is -2.26. The molecule has 1 aromatic carbocycles. The summed E-state index contributed by atoms with van der Waals surface area (Å²) in [6.45, 7) is 1.20. The van der Waals surface area contributed by atoms with Crippen LogP contribution in [-0.4, -0.2) is 18.6 Å². The van der Waals surface area contributed by atoms with Crippen LogP contribution in [0.2, 0.25) is 0 Å². The van der Waals surface area contributed by atoms with Crippen LogP contribution < -0.4 is 11.1 Å². The topological polar surface area (TPSA) is 38.0 Å². The van der Waals surface area contributed by atoms with Crippen molar-refractivity contribution in [2.45, 2.75) is 50.1 Å². The van der Waals surface area contributed by atoms with Gasteiger partial charge in [-0.05, 0) is 50.1 Å². The van der Waals surface area contributed by atoms with Crippen LogP contribution >= 0.6 is 0 Å². The molecule has 3 rings (SSSR count). The molecule has 0 spiro atoms. The van der Waals surface area contributed by atoms with E-state index in [1.165, 1.54) is 44.2 Å². The molecule has 98 valence electrons. The lowest BCUT2D eigenvalue weighted by atomic mass is 9.86. The maximum absolute atomic E-state index is 5.94. The Morgan fingerprint density at radius 2 is 1.78 bits per heavy atom. The molecule has 2 aliphatic carbocycles. The Bertz CT molecular complexity index is 368. The van der Waals surface area contributed by atoms with Gasteiger partial charge in [-0.25, -0.2) is 0 Å². The maximum Gasteiger partial charge on any atom is 0.0143 e. The van der Waals surface area contributed by atoms with Gasteiger partial charge < -0.3 is 11.1 Å². The van der Waals surface area contributed by atoms with Gasteiger partial charge in [-0.2, -0.15) is 0 Å². The zero-order chi connectivity index (χ0) is 12.4. The molecule has 1 unspecified atom stereocenters. The Labute approximate surface area is 110 Å². The van der Waals surface area contributed by atoms with E-state index in [1.807, 2.05) is 0 Å². The summed E-state index contributed by atoms with van der Waals surface area (Å²) < 4.78 is 0. The van der Waals surface area contributed by atoms with Crippen molar-refractivity contribution < 1.29 is 0 Å². The van der Waals surface area contributed by atoms with E-state index in [4.69, 9.17) is 5.73 Å². The lowest BCUT2D eigenvalue weighted by molar-refractivity contribution is 0.313. The molecule has 18 heavy (non-hydrogen) atoms. The summed E-state index contributed by atoms with van der Waals surface area (Å²) in [6, 6.07) is 12.1. The van der Waals surface area contributed by atoms with Gasteiger partial charge in [0.2, 0.25) is 0 Å². The largest absolute Gasteiger partial charge is 0.328 e. The minimum Gasteiger partial charge on any atom is -0.328 e. The number of hydrogen-bond acceptors (Lipinski definition) is 2. The van der Waals surface area contributed by atoms with Gasteiger partial charge in [-0.15, -0.1) is 0 Å². The summed E-state index contributed by atoms with van der Waals surface area (Å²) in [4.78, 5) is 0. The van der Waals surface area contributed by atoms with Gasteiger partial charge in [0.25, 0.3) is 0 Å². The molecule has 0 amide bonds. The fourth-order valence-corrected chi connectivity index (χ4v) is 3.20. The van der Waals surface area contributed by atoms with Gasteiger partial charge in [-0.1, -0.05) is 30.3 Å². The van der Waals surface area contributed by atoms with Gasteiger partial charge in [0, 0.05) is 18.0 Å². The minimum atomic E-state index is 0.472. The Balaban J connectivity index is 1.41. The highest BCUT2D eigenvalue weighted by atomic mass is 15.0. The van der Waals surface area contributed by atoms with E-state index in [0.717, 1.165) is 17.9 Å². The summed E-state index contributed by atoms with van der Waals surface area (Å²) in [7, 11) is 0. The average Bonchev–Trinajstić information content (AvgIpc) is 3.19. The molecule has 2 saturated carbocycles. The first-order valence-corrected chi connectivity index (χ1v) is 7.37. The second-order valence-electron chi connectivity index (χ2n) is 6.05. The number of rotatable bonds is 4. The standard InChI is InChI=1S/C16H24N2/c17-14-8-6-12(7-9-14)11-18-16-10-15(16)13-4-2-1-3-5-13/h1-5,12,14-16,18H,6-11,17H2/t12?,14?,15?,16-/m0/s1. The first-order valence-electron chi connectivity index (χ1n) is 7.37. The van der Waals surface area contributed by atoms with Crippen molar-refractivity contribution in [1.82, 2.24) is 5.32 Å². The molecule has 2 fully saturated rings. The molecule has 0 heterocycles. The third kappa shape index (κ3) is 2.93. The van der Waals surface area contributed by atoms with Crippen LogP contribution in [0.5, 0.6) is 0 Å². The molecular formula is C16H24N2. The summed E-state index contributed by atoms with van der Waals surface area (Å²) >= 11 is 0. The number of hydrogen-bond donors (Lipinski definition) is 2. The molecule has 2 nitrogen and oxygen atoms in total. The molecule has 0 aliphatic heterocycles. The molecule has 1 aromatic rings. The predicted molar refractivity (Wildman–Crippen MR) is 75.5 cm³/mol. The zero-order valence-electron chi connectivity index (χ0n) is 11.0. The third-order valence-electron chi connectivity index (χ3n) is 4.58. The first-order chi connectivity index (χ1) is 8.83. The van der Waals surface area contributed by atoms with Gasteiger partial charge in [0.15, 0.2) is 0 Å². The Morgan fingerprint density at radius 3 is 2.50 bits per heavy atom. The smallest absolute Gasteiger partial charge is 0.0143 e. The molecule has 0 saturated heterocycles. The molecule has 2 aliphatic rings. The van der Waals surface area contributed by atoms with Crippen LogP contribution in [0, 0.1) is 5.92 Å². The second kappa shape index (κ2) is 5.41. The lowest BCUT2D eigenvalue weighted by Crippen LogP contribution is -2.32. The van der Waals surface area contributed by atoms with E-state index >= 15 is 0 Å². The van der Waals surface area contributed by atoms with Crippen LogP contribution in [0.4, 0.5) is 0 Å². The molecule has 3 N–H and O–H groups in total. The average molecular weight is 244 g/mol. The quantitative estimate of drug-likeness (QED) is 0.854. The van der Waals surface area contributed by atoms with E-state index in [0.29, 0.717) is 6.04 Å². The van der Waals surface area contributed by atoms with E-state index in [1.54, 1.807) is 0 Å². The Morgan fingerprint density at radius 1 is 1.06 bits per heavy atom. The summed E-state index contributed by atoms with van der Waals surface area (Å²) in [6.07, 6.45) is 6.39. The third-order valence-corrected chi connectivity index (χ3v) is 4.58. The van der Waals surface area contributed by atoms with Crippen molar-refractivity contribution in [2.24, 2.45) is 11.7 Å². The van der Waals surface area contributed by atoms with Gasteiger partial charge in [0.05, 0.1) is 0 Å². The van der Waals surface area contributed by atoms with Crippen molar-refractivity contribution in [2.75, 3.05) is 6.54 Å². The Kier molecular flexibility index (Phi) is 3.67. The van der Waals surface area contributed by atoms with E-state index < -0.39 is 0 Å². The highest BCUT2D eigenvalue weighted by Crippen LogP contribution is 2.40. The van der Waals surface area contributed by atoms with Crippen LogP contribution in [0.1, 0.15) is 43.6 Å². The van der Waals surface area contributed by atoms with Crippen molar-refractivity contribution in [1.29, 1.82) is 0 Å². The van der Waals surface area contributed by atoms with Crippen LogP contribution in [0.25, 0.3) is 0 Å². The monoisotopic (exact) mass is 244 g/mol. The van der Waals surface area contributed by atoms with Crippen molar-refractivity contribution in [3.05, 3.63) is 35.9 Å². The van der Waals surface area contributed by atoms with E-state index in [9.17, 15) is 0 Å². The van der Waals surface area contributed by atoms with E-state index in [2.05, 4.69) is 35.6 Å². The first kappa shape index (κ1) is 12.2. The zero-order valence-corrected chi connectivity index (χ0v) is 11.0. The highest BCUT2D eigenvalue weighted by molar-refractivity contribution is 5.27. The highest BCUT2D eigenvalue weighted by Gasteiger charge is 2.38. The van der Waals surface area contributed by atoms with Crippen molar-refractivity contribution >= 4 is 0 Å². The summed E-state index contributed by atoms with van der Waals surface area (Å²) in [5, 5.41) is 3.75. The van der Waals surface area contributed by atoms with Gasteiger partial charge in [-0.3, -0.25) is 0 Å². The van der Waals surface area contributed by atoms with Crippen molar-refractivity contribution in [3.8, 4) is 0 Å².